The smallest absolute Gasteiger partial charge is 0.225 e. The summed E-state index contributed by atoms with van der Waals surface area (Å²) in [7, 11) is 0. The number of rotatable bonds is 3. The Balaban J connectivity index is 2.24. The van der Waals surface area contributed by atoms with Crippen molar-refractivity contribution in [3.8, 4) is 0 Å². The quantitative estimate of drug-likeness (QED) is 0.801. The van der Waals surface area contributed by atoms with Gasteiger partial charge in [-0.1, -0.05) is 12.1 Å². The minimum Gasteiger partial charge on any atom is -0.369 e. The highest BCUT2D eigenvalue weighted by molar-refractivity contribution is 5.82. The molecule has 1 fully saturated rings. The number of carbonyl (C=O) groups excluding carboxylic acids is 1. The Bertz CT molecular complexity index is 371. The second-order valence-corrected chi connectivity index (χ2v) is 4.18. The van der Waals surface area contributed by atoms with Crippen molar-refractivity contribution in [3.63, 3.8) is 0 Å². The molecule has 1 aromatic carbocycles. The molecule has 2 rings (SSSR count). The van der Waals surface area contributed by atoms with Crippen LogP contribution < -0.4 is 11.1 Å². The highest BCUT2D eigenvalue weighted by Gasteiger charge is 2.30. The fourth-order valence-corrected chi connectivity index (χ4v) is 2.30. The Morgan fingerprint density at radius 2 is 2.12 bits per heavy atom. The molecule has 0 saturated carbocycles. The van der Waals surface area contributed by atoms with Crippen molar-refractivity contribution in [2.24, 2.45) is 11.7 Å². The van der Waals surface area contributed by atoms with Gasteiger partial charge in [0.15, 0.2) is 0 Å². The fourth-order valence-electron chi connectivity index (χ4n) is 2.30. The summed E-state index contributed by atoms with van der Waals surface area (Å²) in [5.74, 6) is -0.713. The maximum atomic E-state index is 12.8. The summed E-state index contributed by atoms with van der Waals surface area (Å²) < 4.78 is 12.8. The Kier molecular flexibility index (Phi) is 3.19. The van der Waals surface area contributed by atoms with Gasteiger partial charge in [0.1, 0.15) is 5.82 Å². The van der Waals surface area contributed by atoms with Crippen molar-refractivity contribution in [1.29, 1.82) is 0 Å². The van der Waals surface area contributed by atoms with Crippen LogP contribution in [0.5, 0.6) is 0 Å². The van der Waals surface area contributed by atoms with Gasteiger partial charge in [0.2, 0.25) is 5.91 Å². The lowest BCUT2D eigenvalue weighted by Crippen LogP contribution is -2.29. The monoisotopic (exact) mass is 222 g/mol. The third-order valence-corrected chi connectivity index (χ3v) is 3.11. The lowest BCUT2D eigenvalue weighted by Gasteiger charge is -2.19. The number of hydrogen-bond donors (Lipinski definition) is 2. The van der Waals surface area contributed by atoms with Gasteiger partial charge in [0.25, 0.3) is 0 Å². The number of nitrogens with one attached hydrogen (secondary N) is 1. The summed E-state index contributed by atoms with van der Waals surface area (Å²) in [5.41, 5.74) is 6.23. The number of primary amides is 1. The van der Waals surface area contributed by atoms with E-state index in [1.54, 1.807) is 12.1 Å². The summed E-state index contributed by atoms with van der Waals surface area (Å²) in [5, 5.41) is 3.21. The summed E-state index contributed by atoms with van der Waals surface area (Å²) in [6.07, 6.45) is 0.935. The Morgan fingerprint density at radius 1 is 1.44 bits per heavy atom. The molecule has 2 unspecified atom stereocenters. The molecule has 0 radical (unpaired) electrons. The van der Waals surface area contributed by atoms with Crippen molar-refractivity contribution in [3.05, 3.63) is 35.6 Å². The first-order valence-electron chi connectivity index (χ1n) is 5.44. The van der Waals surface area contributed by atoms with Crippen LogP contribution in [0.3, 0.4) is 0 Å². The zero-order chi connectivity index (χ0) is 11.5. The van der Waals surface area contributed by atoms with Gasteiger partial charge in [-0.15, -0.1) is 0 Å². The molecule has 2 atom stereocenters. The van der Waals surface area contributed by atoms with E-state index in [9.17, 15) is 9.18 Å². The van der Waals surface area contributed by atoms with E-state index in [1.165, 1.54) is 12.1 Å². The predicted octanol–water partition coefficient (Wildman–Crippen LogP) is 1.00. The van der Waals surface area contributed by atoms with Gasteiger partial charge in [-0.25, -0.2) is 4.39 Å². The lowest BCUT2D eigenvalue weighted by atomic mass is 9.85. The average molecular weight is 222 g/mol. The number of benzene rings is 1. The van der Waals surface area contributed by atoms with E-state index < -0.39 is 0 Å². The molecular formula is C12H15FN2O. The molecule has 3 nitrogen and oxygen atoms in total. The van der Waals surface area contributed by atoms with Gasteiger partial charge in [-0.2, -0.15) is 0 Å². The highest BCUT2D eigenvalue weighted by atomic mass is 19.1. The van der Waals surface area contributed by atoms with Crippen LogP contribution in [-0.2, 0) is 4.79 Å². The summed E-state index contributed by atoms with van der Waals surface area (Å²) in [6.45, 7) is 1.71. The van der Waals surface area contributed by atoms with E-state index in [0.29, 0.717) is 0 Å². The van der Waals surface area contributed by atoms with Gasteiger partial charge >= 0.3 is 0 Å². The number of nitrogens with two attached hydrogens (primary N) is 1. The number of amides is 1. The maximum Gasteiger partial charge on any atom is 0.225 e. The zero-order valence-corrected chi connectivity index (χ0v) is 8.95. The first-order chi connectivity index (χ1) is 7.68. The van der Waals surface area contributed by atoms with Gasteiger partial charge in [0, 0.05) is 0 Å². The first-order valence-corrected chi connectivity index (χ1v) is 5.44. The minimum atomic E-state index is -0.333. The Hall–Kier alpha value is -1.42. The molecule has 1 heterocycles. The number of carbonyl (C=O) groups is 1. The molecule has 1 saturated heterocycles. The summed E-state index contributed by atoms with van der Waals surface area (Å²) >= 11 is 0. The van der Waals surface area contributed by atoms with Crippen LogP contribution in [0.25, 0.3) is 0 Å². The van der Waals surface area contributed by atoms with E-state index in [0.717, 1.165) is 25.1 Å². The number of halogens is 1. The van der Waals surface area contributed by atoms with Crippen LogP contribution in [-0.4, -0.2) is 19.0 Å². The maximum absolute atomic E-state index is 12.8. The molecule has 16 heavy (non-hydrogen) atoms. The predicted molar refractivity (Wildman–Crippen MR) is 59.3 cm³/mol. The molecule has 3 N–H and O–H groups in total. The highest BCUT2D eigenvalue weighted by Crippen LogP contribution is 2.28. The molecule has 1 aliphatic heterocycles. The van der Waals surface area contributed by atoms with Gasteiger partial charge < -0.3 is 11.1 Å². The molecule has 0 aliphatic carbocycles. The van der Waals surface area contributed by atoms with Crippen LogP contribution in [0.15, 0.2) is 24.3 Å². The molecule has 0 bridgehead atoms. The molecule has 1 aliphatic rings. The topological polar surface area (TPSA) is 55.1 Å². The SMILES string of the molecule is NC(=O)C(c1ccc(F)cc1)C1CCNC1. The zero-order valence-electron chi connectivity index (χ0n) is 8.95. The standard InChI is InChI=1S/C12H15FN2O/c13-10-3-1-8(2-4-10)11(12(14)16)9-5-6-15-7-9/h1-4,9,11,15H,5-7H2,(H2,14,16). The van der Waals surface area contributed by atoms with Gasteiger partial charge in [-0.05, 0) is 43.1 Å². The van der Waals surface area contributed by atoms with Crippen molar-refractivity contribution in [2.75, 3.05) is 13.1 Å². The fraction of sp³-hybridized carbons (Fsp3) is 0.417. The van der Waals surface area contributed by atoms with Crippen molar-refractivity contribution in [2.45, 2.75) is 12.3 Å². The van der Waals surface area contributed by atoms with Crippen molar-refractivity contribution in [1.82, 2.24) is 5.32 Å². The van der Waals surface area contributed by atoms with Gasteiger partial charge in [-0.3, -0.25) is 4.79 Å². The van der Waals surface area contributed by atoms with E-state index >= 15 is 0 Å². The number of hydrogen-bond acceptors (Lipinski definition) is 2. The first kappa shape index (κ1) is 11.1. The Labute approximate surface area is 93.8 Å². The molecule has 0 aromatic heterocycles. The minimum absolute atomic E-state index is 0.225. The summed E-state index contributed by atoms with van der Waals surface area (Å²) in [4.78, 5) is 11.5. The van der Waals surface area contributed by atoms with Crippen LogP contribution in [0, 0.1) is 11.7 Å². The van der Waals surface area contributed by atoms with Crippen molar-refractivity contribution < 1.29 is 9.18 Å². The van der Waals surface area contributed by atoms with Crippen LogP contribution >= 0.6 is 0 Å². The molecule has 0 spiro atoms. The molecular weight excluding hydrogens is 207 g/mol. The van der Waals surface area contributed by atoms with E-state index in [4.69, 9.17) is 5.73 Å². The molecule has 1 amide bonds. The largest absolute Gasteiger partial charge is 0.369 e. The lowest BCUT2D eigenvalue weighted by molar-refractivity contribution is -0.120. The summed E-state index contributed by atoms with van der Waals surface area (Å²) in [6, 6.07) is 6.02. The molecule has 86 valence electrons. The third kappa shape index (κ3) is 2.22. The van der Waals surface area contributed by atoms with E-state index in [1.807, 2.05) is 0 Å². The van der Waals surface area contributed by atoms with Crippen LogP contribution in [0.4, 0.5) is 4.39 Å². The average Bonchev–Trinajstić information content (AvgIpc) is 2.74. The second-order valence-electron chi connectivity index (χ2n) is 4.18. The third-order valence-electron chi connectivity index (χ3n) is 3.11. The van der Waals surface area contributed by atoms with Crippen molar-refractivity contribution >= 4 is 5.91 Å². The second kappa shape index (κ2) is 4.61. The van der Waals surface area contributed by atoms with Crippen LogP contribution in [0.1, 0.15) is 17.9 Å². The van der Waals surface area contributed by atoms with Gasteiger partial charge in [0.05, 0.1) is 5.92 Å². The van der Waals surface area contributed by atoms with E-state index in [2.05, 4.69) is 5.32 Å². The molecule has 1 aromatic rings. The van der Waals surface area contributed by atoms with Crippen LogP contribution in [0.2, 0.25) is 0 Å². The normalized spacial score (nSPS) is 21.9. The van der Waals surface area contributed by atoms with E-state index in [-0.39, 0.29) is 23.6 Å². The Morgan fingerprint density at radius 3 is 2.62 bits per heavy atom. The molecule has 4 heteroatoms.